The van der Waals surface area contributed by atoms with Crippen LogP contribution in [0.3, 0.4) is 0 Å². The van der Waals surface area contributed by atoms with E-state index in [1.54, 1.807) is 6.07 Å². The van der Waals surface area contributed by atoms with Crippen LogP contribution in [0.1, 0.15) is 24.1 Å². The Kier molecular flexibility index (Phi) is 5.47. The van der Waals surface area contributed by atoms with Crippen LogP contribution in [0.5, 0.6) is 0 Å². The molecule has 0 saturated heterocycles. The predicted octanol–water partition coefficient (Wildman–Crippen LogP) is 3.49. The van der Waals surface area contributed by atoms with E-state index in [1.165, 1.54) is 12.1 Å². The highest BCUT2D eigenvalue weighted by molar-refractivity contribution is 7.89. The first-order valence-corrected chi connectivity index (χ1v) is 8.87. The first-order chi connectivity index (χ1) is 10.3. The van der Waals surface area contributed by atoms with Gasteiger partial charge in [0, 0.05) is 17.6 Å². The minimum atomic E-state index is -3.83. The van der Waals surface area contributed by atoms with Crippen molar-refractivity contribution < 1.29 is 8.42 Å². The van der Waals surface area contributed by atoms with Crippen molar-refractivity contribution >= 4 is 33.2 Å². The van der Waals surface area contributed by atoms with Crippen molar-refractivity contribution in [2.75, 3.05) is 0 Å². The topological polar surface area (TPSA) is 72.2 Å². The predicted molar refractivity (Wildman–Crippen MR) is 89.5 cm³/mol. The largest absolute Gasteiger partial charge is 0.306 e. The van der Waals surface area contributed by atoms with Crippen molar-refractivity contribution in [2.24, 2.45) is 5.14 Å². The Morgan fingerprint density at radius 3 is 2.55 bits per heavy atom. The third-order valence-electron chi connectivity index (χ3n) is 3.26. The summed E-state index contributed by atoms with van der Waals surface area (Å²) < 4.78 is 22.9. The van der Waals surface area contributed by atoms with Gasteiger partial charge in [-0.25, -0.2) is 13.6 Å². The standard InChI is InChI=1S/C15H16Cl2N2O2S/c1-10(12-3-2-4-13(16)8-12)19-9-11-5-6-14(17)15(7-11)22(18,20)21/h2-8,10,19H,9H2,1H3,(H2,18,20,21). The molecule has 3 N–H and O–H groups in total. The van der Waals surface area contributed by atoms with Gasteiger partial charge >= 0.3 is 0 Å². The van der Waals surface area contributed by atoms with E-state index in [0.717, 1.165) is 11.1 Å². The lowest BCUT2D eigenvalue weighted by atomic mass is 10.1. The molecule has 2 rings (SSSR count). The Labute approximate surface area is 140 Å². The van der Waals surface area contributed by atoms with Crippen molar-refractivity contribution in [1.29, 1.82) is 0 Å². The lowest BCUT2D eigenvalue weighted by Gasteiger charge is -2.15. The van der Waals surface area contributed by atoms with Gasteiger partial charge in [-0.2, -0.15) is 0 Å². The highest BCUT2D eigenvalue weighted by Crippen LogP contribution is 2.22. The summed E-state index contributed by atoms with van der Waals surface area (Å²) in [4.78, 5) is -0.0659. The molecule has 7 heteroatoms. The molecule has 0 bridgehead atoms. The molecule has 118 valence electrons. The van der Waals surface area contributed by atoms with E-state index in [0.29, 0.717) is 11.6 Å². The van der Waals surface area contributed by atoms with Crippen molar-refractivity contribution in [3.63, 3.8) is 0 Å². The molecule has 0 aliphatic heterocycles. The van der Waals surface area contributed by atoms with E-state index >= 15 is 0 Å². The maximum Gasteiger partial charge on any atom is 0.239 e. The van der Waals surface area contributed by atoms with E-state index in [2.05, 4.69) is 5.32 Å². The fourth-order valence-electron chi connectivity index (χ4n) is 2.04. The Hall–Kier alpha value is -1.11. The average Bonchev–Trinajstić information content (AvgIpc) is 2.45. The summed E-state index contributed by atoms with van der Waals surface area (Å²) in [5.74, 6) is 0. The Balaban J connectivity index is 2.12. The van der Waals surface area contributed by atoms with Gasteiger partial charge in [-0.15, -0.1) is 0 Å². The number of rotatable bonds is 5. The van der Waals surface area contributed by atoms with Gasteiger partial charge in [-0.05, 0) is 42.3 Å². The number of sulfonamides is 1. The first-order valence-electron chi connectivity index (χ1n) is 6.57. The van der Waals surface area contributed by atoms with E-state index in [1.807, 2.05) is 31.2 Å². The van der Waals surface area contributed by atoms with Crippen molar-refractivity contribution in [1.82, 2.24) is 5.32 Å². The third kappa shape index (κ3) is 4.44. The molecule has 4 nitrogen and oxygen atoms in total. The Morgan fingerprint density at radius 1 is 1.18 bits per heavy atom. The summed E-state index contributed by atoms with van der Waals surface area (Å²) in [5.41, 5.74) is 1.83. The summed E-state index contributed by atoms with van der Waals surface area (Å²) in [6.07, 6.45) is 0. The van der Waals surface area contributed by atoms with Crippen LogP contribution in [0.25, 0.3) is 0 Å². The third-order valence-corrected chi connectivity index (χ3v) is 4.89. The van der Waals surface area contributed by atoms with Gasteiger partial charge in [0.25, 0.3) is 0 Å². The molecular weight excluding hydrogens is 343 g/mol. The molecule has 0 heterocycles. The fraction of sp³-hybridized carbons (Fsp3) is 0.200. The lowest BCUT2D eigenvalue weighted by molar-refractivity contribution is 0.573. The SMILES string of the molecule is CC(NCc1ccc(Cl)c(S(N)(=O)=O)c1)c1cccc(Cl)c1. The van der Waals surface area contributed by atoms with E-state index in [-0.39, 0.29) is 16.0 Å². The molecule has 0 spiro atoms. The van der Waals surface area contributed by atoms with E-state index < -0.39 is 10.0 Å². The Bertz CT molecular complexity index is 779. The van der Waals surface area contributed by atoms with Gasteiger partial charge in [-0.1, -0.05) is 41.4 Å². The summed E-state index contributed by atoms with van der Waals surface area (Å²) in [5, 5.41) is 9.24. The highest BCUT2D eigenvalue weighted by atomic mass is 35.5. The van der Waals surface area contributed by atoms with Gasteiger partial charge in [0.15, 0.2) is 0 Å². The van der Waals surface area contributed by atoms with Gasteiger partial charge in [0.05, 0.1) is 5.02 Å². The molecule has 0 amide bonds. The quantitative estimate of drug-likeness (QED) is 0.858. The van der Waals surface area contributed by atoms with Crippen LogP contribution in [-0.4, -0.2) is 8.42 Å². The Morgan fingerprint density at radius 2 is 1.91 bits per heavy atom. The minimum absolute atomic E-state index is 0.0623. The zero-order valence-electron chi connectivity index (χ0n) is 11.9. The fourth-order valence-corrected chi connectivity index (χ4v) is 3.33. The van der Waals surface area contributed by atoms with Gasteiger partial charge in [-0.3, -0.25) is 0 Å². The molecule has 0 saturated carbocycles. The molecule has 0 radical (unpaired) electrons. The summed E-state index contributed by atoms with van der Waals surface area (Å²) in [6.45, 7) is 2.48. The normalized spacial score (nSPS) is 13.1. The van der Waals surface area contributed by atoms with Gasteiger partial charge in [0.2, 0.25) is 10.0 Å². The molecular formula is C15H16Cl2N2O2S. The second-order valence-electron chi connectivity index (χ2n) is 4.97. The maximum atomic E-state index is 11.5. The number of nitrogens with one attached hydrogen (secondary N) is 1. The van der Waals surface area contributed by atoms with Crippen LogP contribution in [0.4, 0.5) is 0 Å². The number of primary sulfonamides is 1. The van der Waals surface area contributed by atoms with Crippen LogP contribution in [0.2, 0.25) is 10.0 Å². The number of halogens is 2. The lowest BCUT2D eigenvalue weighted by Crippen LogP contribution is -2.19. The smallest absolute Gasteiger partial charge is 0.239 e. The first kappa shape index (κ1) is 17.2. The highest BCUT2D eigenvalue weighted by Gasteiger charge is 2.14. The van der Waals surface area contributed by atoms with Crippen molar-refractivity contribution in [3.8, 4) is 0 Å². The van der Waals surface area contributed by atoms with Crippen molar-refractivity contribution in [3.05, 3.63) is 63.6 Å². The molecule has 0 aliphatic carbocycles. The number of nitrogens with two attached hydrogens (primary N) is 1. The molecule has 0 aromatic heterocycles. The number of benzene rings is 2. The average molecular weight is 359 g/mol. The van der Waals surface area contributed by atoms with E-state index in [4.69, 9.17) is 28.3 Å². The second-order valence-corrected chi connectivity index (χ2v) is 7.34. The number of hydrogen-bond acceptors (Lipinski definition) is 3. The van der Waals surface area contributed by atoms with Gasteiger partial charge < -0.3 is 5.32 Å². The molecule has 22 heavy (non-hydrogen) atoms. The van der Waals surface area contributed by atoms with Crippen LogP contribution < -0.4 is 10.5 Å². The van der Waals surface area contributed by atoms with Crippen molar-refractivity contribution in [2.45, 2.75) is 24.4 Å². The molecule has 2 aromatic rings. The maximum absolute atomic E-state index is 11.5. The molecule has 2 aromatic carbocycles. The van der Waals surface area contributed by atoms with Gasteiger partial charge in [0.1, 0.15) is 4.90 Å². The number of hydrogen-bond donors (Lipinski definition) is 2. The molecule has 0 aliphatic rings. The minimum Gasteiger partial charge on any atom is -0.306 e. The van der Waals surface area contributed by atoms with Crippen LogP contribution >= 0.6 is 23.2 Å². The summed E-state index contributed by atoms with van der Waals surface area (Å²) in [7, 11) is -3.83. The monoisotopic (exact) mass is 358 g/mol. The molecule has 0 fully saturated rings. The van der Waals surface area contributed by atoms with Crippen LogP contribution in [-0.2, 0) is 16.6 Å². The molecule has 1 atom stereocenters. The molecule has 1 unspecified atom stereocenters. The van der Waals surface area contributed by atoms with Crippen LogP contribution in [0, 0.1) is 0 Å². The zero-order chi connectivity index (χ0) is 16.3. The van der Waals surface area contributed by atoms with Crippen LogP contribution in [0.15, 0.2) is 47.4 Å². The second kappa shape index (κ2) is 6.98. The summed E-state index contributed by atoms with van der Waals surface area (Å²) in [6, 6.07) is 12.4. The summed E-state index contributed by atoms with van der Waals surface area (Å²) >= 11 is 11.8. The van der Waals surface area contributed by atoms with E-state index in [9.17, 15) is 8.42 Å². The zero-order valence-corrected chi connectivity index (χ0v) is 14.2.